The van der Waals surface area contributed by atoms with Crippen molar-refractivity contribution in [1.29, 1.82) is 0 Å². The van der Waals surface area contributed by atoms with Gasteiger partial charge in [-0.3, -0.25) is 0 Å². The zero-order valence-corrected chi connectivity index (χ0v) is 10.5. The molecule has 2 aromatic rings. The van der Waals surface area contributed by atoms with Gasteiger partial charge in [-0.15, -0.1) is 11.3 Å². The summed E-state index contributed by atoms with van der Waals surface area (Å²) in [6.07, 6.45) is 0. The fourth-order valence-electron chi connectivity index (χ4n) is 1.26. The first-order valence-corrected chi connectivity index (χ1v) is 6.15. The van der Waals surface area contributed by atoms with E-state index in [0.717, 1.165) is 9.21 Å². The van der Waals surface area contributed by atoms with Gasteiger partial charge in [0.25, 0.3) is 0 Å². The second kappa shape index (κ2) is 5.04. The van der Waals surface area contributed by atoms with Crippen molar-refractivity contribution in [2.75, 3.05) is 5.32 Å². The largest absolute Gasteiger partial charge is 0.378 e. The molecular formula is C11H8Cl2FNS. The summed E-state index contributed by atoms with van der Waals surface area (Å²) in [6, 6.07) is 8.28. The van der Waals surface area contributed by atoms with Crippen LogP contribution in [0.25, 0.3) is 0 Å². The van der Waals surface area contributed by atoms with Crippen molar-refractivity contribution in [3.63, 3.8) is 0 Å². The quantitative estimate of drug-likeness (QED) is 0.848. The van der Waals surface area contributed by atoms with E-state index in [9.17, 15) is 4.39 Å². The Hall–Kier alpha value is -0.770. The minimum Gasteiger partial charge on any atom is -0.378 e. The molecule has 0 spiro atoms. The van der Waals surface area contributed by atoms with Gasteiger partial charge >= 0.3 is 0 Å². The number of benzene rings is 1. The maximum atomic E-state index is 13.4. The van der Waals surface area contributed by atoms with Crippen molar-refractivity contribution in [3.8, 4) is 0 Å². The number of nitrogens with one attached hydrogen (secondary N) is 1. The predicted molar refractivity (Wildman–Crippen MR) is 68.1 cm³/mol. The molecule has 1 aromatic heterocycles. The van der Waals surface area contributed by atoms with Crippen molar-refractivity contribution >= 4 is 40.2 Å². The van der Waals surface area contributed by atoms with Crippen molar-refractivity contribution in [1.82, 2.24) is 0 Å². The molecule has 1 aromatic carbocycles. The summed E-state index contributed by atoms with van der Waals surface area (Å²) in [5.41, 5.74) is 0.439. The van der Waals surface area contributed by atoms with Crippen LogP contribution in [0.3, 0.4) is 0 Å². The van der Waals surface area contributed by atoms with Crippen molar-refractivity contribution < 1.29 is 4.39 Å². The Balaban J connectivity index is 2.04. The third-order valence-electron chi connectivity index (χ3n) is 2.01. The van der Waals surface area contributed by atoms with Gasteiger partial charge in [-0.05, 0) is 30.3 Å². The summed E-state index contributed by atoms with van der Waals surface area (Å²) in [4.78, 5) is 1.05. The molecule has 0 saturated carbocycles. The molecule has 0 bridgehead atoms. The van der Waals surface area contributed by atoms with Crippen LogP contribution >= 0.6 is 34.5 Å². The summed E-state index contributed by atoms with van der Waals surface area (Å²) >= 11 is 12.9. The molecule has 0 aliphatic carbocycles. The molecule has 0 unspecified atom stereocenters. The number of anilines is 1. The van der Waals surface area contributed by atoms with Crippen LogP contribution in [-0.2, 0) is 6.54 Å². The van der Waals surface area contributed by atoms with E-state index < -0.39 is 0 Å². The predicted octanol–water partition coefficient (Wildman–Crippen LogP) is 4.81. The van der Waals surface area contributed by atoms with E-state index in [0.29, 0.717) is 17.3 Å². The molecule has 1 heterocycles. The Kier molecular flexibility index (Phi) is 3.69. The van der Waals surface area contributed by atoms with Gasteiger partial charge in [-0.25, -0.2) is 4.39 Å². The lowest BCUT2D eigenvalue weighted by Gasteiger charge is -2.06. The van der Waals surface area contributed by atoms with Gasteiger partial charge < -0.3 is 5.32 Å². The van der Waals surface area contributed by atoms with E-state index in [2.05, 4.69) is 5.32 Å². The van der Waals surface area contributed by atoms with Gasteiger partial charge in [-0.1, -0.05) is 23.2 Å². The van der Waals surface area contributed by atoms with E-state index in [4.69, 9.17) is 23.2 Å². The van der Waals surface area contributed by atoms with Crippen LogP contribution in [0.2, 0.25) is 9.36 Å². The van der Waals surface area contributed by atoms with Gasteiger partial charge in [0, 0.05) is 16.4 Å². The second-order valence-electron chi connectivity index (χ2n) is 3.18. The summed E-state index contributed by atoms with van der Waals surface area (Å²) < 4.78 is 14.1. The first kappa shape index (κ1) is 11.7. The number of hydrogen-bond donors (Lipinski definition) is 1. The number of rotatable bonds is 3. The lowest BCUT2D eigenvalue weighted by molar-refractivity contribution is 0.630. The molecule has 0 amide bonds. The topological polar surface area (TPSA) is 12.0 Å². The van der Waals surface area contributed by atoms with Crippen LogP contribution < -0.4 is 5.32 Å². The number of hydrogen-bond acceptors (Lipinski definition) is 2. The van der Waals surface area contributed by atoms with Crippen molar-refractivity contribution in [3.05, 3.63) is 50.4 Å². The molecule has 0 aliphatic heterocycles. The molecule has 1 N–H and O–H groups in total. The lowest BCUT2D eigenvalue weighted by Crippen LogP contribution is -1.99. The summed E-state index contributed by atoms with van der Waals surface area (Å²) in [6.45, 7) is 0.552. The van der Waals surface area contributed by atoms with Gasteiger partial charge in [-0.2, -0.15) is 0 Å². The molecule has 0 fully saturated rings. The Labute approximate surface area is 107 Å². The highest BCUT2D eigenvalue weighted by molar-refractivity contribution is 7.16. The van der Waals surface area contributed by atoms with Crippen LogP contribution in [0.4, 0.5) is 10.1 Å². The van der Waals surface area contributed by atoms with Crippen molar-refractivity contribution in [2.45, 2.75) is 6.54 Å². The van der Waals surface area contributed by atoms with Gasteiger partial charge in [0.1, 0.15) is 5.82 Å². The molecular weight excluding hydrogens is 268 g/mol. The molecule has 5 heteroatoms. The first-order chi connectivity index (χ1) is 7.65. The zero-order valence-electron chi connectivity index (χ0n) is 8.14. The molecule has 16 heavy (non-hydrogen) atoms. The molecule has 0 radical (unpaired) electrons. The highest BCUT2D eigenvalue weighted by atomic mass is 35.5. The normalized spacial score (nSPS) is 10.4. The Morgan fingerprint density at radius 3 is 2.62 bits per heavy atom. The first-order valence-electron chi connectivity index (χ1n) is 4.58. The van der Waals surface area contributed by atoms with E-state index in [-0.39, 0.29) is 5.82 Å². The monoisotopic (exact) mass is 275 g/mol. The van der Waals surface area contributed by atoms with E-state index in [1.54, 1.807) is 12.1 Å². The number of thiophene rings is 1. The van der Waals surface area contributed by atoms with Crippen LogP contribution in [0, 0.1) is 5.82 Å². The van der Waals surface area contributed by atoms with Gasteiger partial charge in [0.15, 0.2) is 0 Å². The SMILES string of the molecule is Fc1cc(Cl)ccc1NCc1ccc(Cl)s1. The van der Waals surface area contributed by atoms with E-state index >= 15 is 0 Å². The Morgan fingerprint density at radius 2 is 2.00 bits per heavy atom. The van der Waals surface area contributed by atoms with Crippen LogP contribution in [0.5, 0.6) is 0 Å². The summed E-state index contributed by atoms with van der Waals surface area (Å²) in [5.74, 6) is -0.352. The Morgan fingerprint density at radius 1 is 1.19 bits per heavy atom. The average Bonchev–Trinajstić information content (AvgIpc) is 2.63. The molecule has 0 aliphatic rings. The van der Waals surface area contributed by atoms with Crippen LogP contribution in [0.1, 0.15) is 4.88 Å². The molecule has 0 atom stereocenters. The van der Waals surface area contributed by atoms with Gasteiger partial charge in [0.05, 0.1) is 10.0 Å². The maximum Gasteiger partial charge on any atom is 0.147 e. The second-order valence-corrected chi connectivity index (χ2v) is 5.42. The molecule has 1 nitrogen and oxygen atoms in total. The Bertz CT molecular complexity index is 498. The minimum absolute atomic E-state index is 0.352. The van der Waals surface area contributed by atoms with Gasteiger partial charge in [0.2, 0.25) is 0 Å². The van der Waals surface area contributed by atoms with E-state index in [1.807, 2.05) is 12.1 Å². The van der Waals surface area contributed by atoms with Crippen molar-refractivity contribution in [2.24, 2.45) is 0 Å². The highest BCUT2D eigenvalue weighted by Gasteiger charge is 2.03. The fourth-order valence-corrected chi connectivity index (χ4v) is 2.45. The lowest BCUT2D eigenvalue weighted by atomic mass is 10.3. The highest BCUT2D eigenvalue weighted by Crippen LogP contribution is 2.24. The molecule has 2 rings (SSSR count). The van der Waals surface area contributed by atoms with Crippen LogP contribution in [-0.4, -0.2) is 0 Å². The van der Waals surface area contributed by atoms with Crippen LogP contribution in [0.15, 0.2) is 30.3 Å². The maximum absolute atomic E-state index is 13.4. The number of halogens is 3. The minimum atomic E-state index is -0.352. The standard InChI is InChI=1S/C11H8Cl2FNS/c12-7-1-3-10(9(14)5-7)15-6-8-2-4-11(13)16-8/h1-5,15H,6H2. The molecule has 0 saturated heterocycles. The average molecular weight is 276 g/mol. The third kappa shape index (κ3) is 2.88. The van der Waals surface area contributed by atoms with E-state index in [1.165, 1.54) is 17.4 Å². The third-order valence-corrected chi connectivity index (χ3v) is 3.48. The molecule has 84 valence electrons. The summed E-state index contributed by atoms with van der Waals surface area (Å²) in [5, 5.41) is 3.38. The summed E-state index contributed by atoms with van der Waals surface area (Å²) in [7, 11) is 0. The zero-order chi connectivity index (χ0) is 11.5. The fraction of sp³-hybridized carbons (Fsp3) is 0.0909. The smallest absolute Gasteiger partial charge is 0.147 e.